The van der Waals surface area contributed by atoms with Crippen molar-refractivity contribution in [1.82, 2.24) is 5.16 Å². The predicted molar refractivity (Wildman–Crippen MR) is 65.6 cm³/mol. The van der Waals surface area contributed by atoms with Crippen LogP contribution >= 0.6 is 15.9 Å². The molecule has 0 unspecified atom stereocenters. The highest BCUT2D eigenvalue weighted by Gasteiger charge is 2.09. The summed E-state index contributed by atoms with van der Waals surface area (Å²) in [4.78, 5) is 0. The van der Waals surface area contributed by atoms with Crippen molar-refractivity contribution < 1.29 is 14.4 Å². The molecule has 1 aromatic carbocycles. The first-order chi connectivity index (χ1) is 8.20. The van der Waals surface area contributed by atoms with Crippen molar-refractivity contribution >= 4 is 15.9 Å². The van der Waals surface area contributed by atoms with Gasteiger partial charge < -0.3 is 14.4 Å². The van der Waals surface area contributed by atoms with E-state index in [1.807, 2.05) is 31.2 Å². The summed E-state index contributed by atoms with van der Waals surface area (Å²) >= 11 is 3.38. The van der Waals surface area contributed by atoms with Gasteiger partial charge in [0.15, 0.2) is 5.76 Å². The van der Waals surface area contributed by atoms with Crippen molar-refractivity contribution in [3.05, 3.63) is 45.8 Å². The molecule has 0 amide bonds. The van der Waals surface area contributed by atoms with Crippen LogP contribution in [-0.2, 0) is 13.2 Å². The normalized spacial score (nSPS) is 10.5. The fourth-order valence-corrected chi connectivity index (χ4v) is 1.99. The first kappa shape index (κ1) is 12.1. The molecule has 0 radical (unpaired) electrons. The summed E-state index contributed by atoms with van der Waals surface area (Å²) in [6.45, 7) is 2.07. The number of halogens is 1. The van der Waals surface area contributed by atoms with Crippen molar-refractivity contribution in [1.29, 1.82) is 0 Å². The number of hydrogen-bond acceptors (Lipinski definition) is 4. The van der Waals surface area contributed by atoms with Crippen LogP contribution in [0.5, 0.6) is 5.75 Å². The number of aryl methyl sites for hydroxylation is 1. The van der Waals surface area contributed by atoms with Gasteiger partial charge in [0, 0.05) is 11.6 Å². The Morgan fingerprint density at radius 1 is 1.47 bits per heavy atom. The maximum absolute atomic E-state index is 9.21. The minimum atomic E-state index is -0.0653. The molecule has 0 aliphatic heterocycles. The topological polar surface area (TPSA) is 55.5 Å². The van der Waals surface area contributed by atoms with Crippen LogP contribution in [-0.4, -0.2) is 10.3 Å². The summed E-state index contributed by atoms with van der Waals surface area (Å²) in [5.41, 5.74) is 1.55. The molecular weight excluding hydrogens is 286 g/mol. The molecule has 0 fully saturated rings. The Bertz CT molecular complexity index is 510. The maximum atomic E-state index is 9.21. The van der Waals surface area contributed by atoms with Gasteiger partial charge in [0.25, 0.3) is 0 Å². The summed E-state index contributed by atoms with van der Waals surface area (Å²) in [5.74, 6) is 1.28. The van der Waals surface area contributed by atoms with E-state index in [0.29, 0.717) is 11.5 Å². The molecule has 5 heteroatoms. The average Bonchev–Trinajstić information content (AvgIpc) is 2.73. The molecule has 17 heavy (non-hydrogen) atoms. The van der Waals surface area contributed by atoms with Crippen LogP contribution in [0.1, 0.15) is 17.0 Å². The number of hydrogen-bond donors (Lipinski definition) is 1. The van der Waals surface area contributed by atoms with E-state index in [2.05, 4.69) is 21.1 Å². The van der Waals surface area contributed by atoms with Crippen molar-refractivity contribution in [2.24, 2.45) is 0 Å². The van der Waals surface area contributed by atoms with Gasteiger partial charge in [0.2, 0.25) is 0 Å². The Labute approximate surface area is 107 Å². The van der Waals surface area contributed by atoms with Crippen LogP contribution in [0.2, 0.25) is 0 Å². The van der Waals surface area contributed by atoms with Gasteiger partial charge in [-0.25, -0.2) is 0 Å². The number of benzene rings is 1. The number of rotatable bonds is 4. The van der Waals surface area contributed by atoms with Gasteiger partial charge in [-0.05, 0) is 28.9 Å². The van der Waals surface area contributed by atoms with Gasteiger partial charge in [-0.15, -0.1) is 0 Å². The zero-order chi connectivity index (χ0) is 12.3. The molecule has 0 aliphatic carbocycles. The van der Waals surface area contributed by atoms with Crippen LogP contribution in [0.4, 0.5) is 0 Å². The first-order valence-electron chi connectivity index (χ1n) is 5.14. The van der Waals surface area contributed by atoms with Gasteiger partial charge in [-0.2, -0.15) is 0 Å². The second-order valence-corrected chi connectivity index (χ2v) is 4.46. The van der Waals surface area contributed by atoms with E-state index in [1.54, 1.807) is 0 Å². The van der Waals surface area contributed by atoms with E-state index in [4.69, 9.17) is 9.26 Å². The van der Waals surface area contributed by atoms with Gasteiger partial charge >= 0.3 is 0 Å². The van der Waals surface area contributed by atoms with Crippen LogP contribution < -0.4 is 4.74 Å². The molecule has 0 spiro atoms. The highest BCUT2D eigenvalue weighted by Crippen LogP contribution is 2.29. The zero-order valence-electron chi connectivity index (χ0n) is 9.31. The average molecular weight is 298 g/mol. The molecule has 1 heterocycles. The highest BCUT2D eigenvalue weighted by molar-refractivity contribution is 9.10. The standard InChI is InChI=1S/C12H12BrNO3/c1-8-5-10(17-14-8)7-16-12-9(6-15)3-2-4-11(12)13/h2-5,15H,6-7H2,1H3. The Morgan fingerprint density at radius 3 is 2.94 bits per heavy atom. The SMILES string of the molecule is Cc1cc(COc2c(Br)cccc2CO)on1. The summed E-state index contributed by atoms with van der Waals surface area (Å²) in [5, 5.41) is 13.0. The molecule has 0 bridgehead atoms. The quantitative estimate of drug-likeness (QED) is 0.943. The molecule has 2 rings (SSSR count). The largest absolute Gasteiger partial charge is 0.484 e. The fraction of sp³-hybridized carbons (Fsp3) is 0.250. The van der Waals surface area contributed by atoms with Crippen molar-refractivity contribution in [3.63, 3.8) is 0 Å². The Morgan fingerprint density at radius 2 is 2.29 bits per heavy atom. The minimum Gasteiger partial charge on any atom is -0.484 e. The molecule has 90 valence electrons. The predicted octanol–water partition coefficient (Wildman–Crippen LogP) is 2.82. The van der Waals surface area contributed by atoms with E-state index in [1.165, 1.54) is 0 Å². The number of aliphatic hydroxyl groups is 1. The lowest BCUT2D eigenvalue weighted by molar-refractivity contribution is 0.232. The van der Waals surface area contributed by atoms with Crippen LogP contribution in [0, 0.1) is 6.92 Å². The molecular formula is C12H12BrNO3. The highest BCUT2D eigenvalue weighted by atomic mass is 79.9. The summed E-state index contributed by atoms with van der Waals surface area (Å²) in [7, 11) is 0. The van der Waals surface area contributed by atoms with Gasteiger partial charge in [-0.3, -0.25) is 0 Å². The van der Waals surface area contributed by atoms with Gasteiger partial charge in [0.05, 0.1) is 16.8 Å². The molecule has 2 aromatic rings. The van der Waals surface area contributed by atoms with Crippen molar-refractivity contribution in [3.8, 4) is 5.75 Å². The Balaban J connectivity index is 2.13. The molecule has 1 aromatic heterocycles. The van der Waals surface area contributed by atoms with E-state index < -0.39 is 0 Å². The summed E-state index contributed by atoms with van der Waals surface area (Å²) in [6, 6.07) is 7.34. The molecule has 0 saturated heterocycles. The maximum Gasteiger partial charge on any atom is 0.174 e. The van der Waals surface area contributed by atoms with E-state index >= 15 is 0 Å². The molecule has 0 aliphatic rings. The number of aliphatic hydroxyl groups excluding tert-OH is 1. The molecule has 0 saturated carbocycles. The Kier molecular flexibility index (Phi) is 3.81. The number of nitrogens with zero attached hydrogens (tertiary/aromatic N) is 1. The lowest BCUT2D eigenvalue weighted by Gasteiger charge is -2.10. The van der Waals surface area contributed by atoms with Crippen LogP contribution in [0.3, 0.4) is 0 Å². The third-order valence-corrected chi connectivity index (χ3v) is 2.88. The van der Waals surface area contributed by atoms with Crippen LogP contribution in [0.25, 0.3) is 0 Å². The zero-order valence-corrected chi connectivity index (χ0v) is 10.9. The first-order valence-corrected chi connectivity index (χ1v) is 5.93. The van der Waals surface area contributed by atoms with Crippen molar-refractivity contribution in [2.75, 3.05) is 0 Å². The van der Waals surface area contributed by atoms with Crippen LogP contribution in [0.15, 0.2) is 33.3 Å². The van der Waals surface area contributed by atoms with E-state index in [-0.39, 0.29) is 13.2 Å². The fourth-order valence-electron chi connectivity index (χ4n) is 1.47. The molecule has 0 atom stereocenters. The van der Waals surface area contributed by atoms with E-state index in [0.717, 1.165) is 15.7 Å². The summed E-state index contributed by atoms with van der Waals surface area (Å²) in [6.07, 6.45) is 0. The number of ether oxygens (including phenoxy) is 1. The summed E-state index contributed by atoms with van der Waals surface area (Å²) < 4.78 is 11.5. The lowest BCUT2D eigenvalue weighted by atomic mass is 10.2. The third kappa shape index (κ3) is 2.87. The monoisotopic (exact) mass is 297 g/mol. The lowest BCUT2D eigenvalue weighted by Crippen LogP contribution is -1.98. The number of para-hydroxylation sites is 1. The second-order valence-electron chi connectivity index (χ2n) is 3.61. The molecule has 1 N–H and O–H groups in total. The minimum absolute atomic E-state index is 0.0653. The smallest absolute Gasteiger partial charge is 0.174 e. The van der Waals surface area contributed by atoms with Gasteiger partial charge in [0.1, 0.15) is 12.4 Å². The third-order valence-electron chi connectivity index (χ3n) is 2.25. The van der Waals surface area contributed by atoms with E-state index in [9.17, 15) is 5.11 Å². The van der Waals surface area contributed by atoms with Crippen molar-refractivity contribution in [2.45, 2.75) is 20.1 Å². The Hall–Kier alpha value is -1.33. The number of aromatic nitrogens is 1. The van der Waals surface area contributed by atoms with Gasteiger partial charge in [-0.1, -0.05) is 17.3 Å². The molecule has 4 nitrogen and oxygen atoms in total. The second kappa shape index (κ2) is 5.33.